The fourth-order valence-electron chi connectivity index (χ4n) is 2.25. The first-order valence-electron chi connectivity index (χ1n) is 7.89. The van der Waals surface area contributed by atoms with Gasteiger partial charge in [-0.2, -0.15) is 5.10 Å². The van der Waals surface area contributed by atoms with Crippen LogP contribution < -0.4 is 5.43 Å². The lowest BCUT2D eigenvalue weighted by Crippen LogP contribution is -2.22. The zero-order chi connectivity index (χ0) is 18.4. The second-order valence-electron chi connectivity index (χ2n) is 5.42. The van der Waals surface area contributed by atoms with E-state index in [4.69, 9.17) is 4.84 Å². The summed E-state index contributed by atoms with van der Waals surface area (Å²) in [7, 11) is 0. The maximum Gasteiger partial charge on any atom is 0.280 e. The van der Waals surface area contributed by atoms with Crippen LogP contribution in [-0.4, -0.2) is 29.5 Å². The highest BCUT2D eigenvalue weighted by Crippen LogP contribution is 2.35. The molecule has 0 aliphatic rings. The Hall–Kier alpha value is -3.19. The normalized spacial score (nSPS) is 11.8. The van der Waals surface area contributed by atoms with E-state index in [9.17, 15) is 9.90 Å². The molecule has 3 aromatic rings. The molecule has 7 heteroatoms. The maximum atomic E-state index is 11.7. The minimum absolute atomic E-state index is 0.155. The smallest absolute Gasteiger partial charge is 0.280 e. The van der Waals surface area contributed by atoms with Gasteiger partial charge in [0.05, 0.1) is 16.8 Å². The molecule has 0 saturated heterocycles. The van der Waals surface area contributed by atoms with Crippen molar-refractivity contribution in [2.24, 2.45) is 10.3 Å². The number of nitrogens with one attached hydrogen (secondary N) is 1. The van der Waals surface area contributed by atoms with Crippen molar-refractivity contribution in [1.82, 2.24) is 5.43 Å². The lowest BCUT2D eigenvalue weighted by Gasteiger charge is -2.01. The summed E-state index contributed by atoms with van der Waals surface area (Å²) in [5.41, 5.74) is 3.95. The summed E-state index contributed by atoms with van der Waals surface area (Å²) in [6.07, 6.45) is 1.41. The van der Waals surface area contributed by atoms with Crippen molar-refractivity contribution in [3.8, 4) is 5.75 Å². The molecule has 0 bridgehead atoms. The monoisotopic (exact) mass is 367 g/mol. The number of thiophene rings is 1. The number of amides is 1. The van der Waals surface area contributed by atoms with Crippen LogP contribution in [0.15, 0.2) is 64.9 Å². The third-order valence-electron chi connectivity index (χ3n) is 3.56. The summed E-state index contributed by atoms with van der Waals surface area (Å²) in [5, 5.41) is 18.7. The van der Waals surface area contributed by atoms with Crippen LogP contribution in [-0.2, 0) is 9.63 Å². The van der Waals surface area contributed by atoms with Crippen LogP contribution in [0.4, 0.5) is 0 Å². The van der Waals surface area contributed by atoms with E-state index in [1.54, 1.807) is 6.92 Å². The summed E-state index contributed by atoms with van der Waals surface area (Å²) in [4.78, 5) is 17.3. The fourth-order valence-corrected chi connectivity index (χ4v) is 3.22. The molecule has 0 saturated carbocycles. The third-order valence-corrected chi connectivity index (χ3v) is 4.65. The van der Waals surface area contributed by atoms with Crippen molar-refractivity contribution >= 4 is 39.3 Å². The molecule has 0 spiro atoms. The third kappa shape index (κ3) is 4.25. The van der Waals surface area contributed by atoms with Gasteiger partial charge in [-0.1, -0.05) is 47.6 Å². The summed E-state index contributed by atoms with van der Waals surface area (Å²) in [6.45, 7) is 1.55. The van der Waals surface area contributed by atoms with Gasteiger partial charge in [0.15, 0.2) is 6.61 Å². The fraction of sp³-hybridized carbons (Fsp3) is 0.105. The van der Waals surface area contributed by atoms with Crippen LogP contribution in [0.2, 0.25) is 0 Å². The van der Waals surface area contributed by atoms with Gasteiger partial charge in [-0.15, -0.1) is 11.3 Å². The van der Waals surface area contributed by atoms with E-state index in [0.29, 0.717) is 10.6 Å². The zero-order valence-corrected chi connectivity index (χ0v) is 14.9. The van der Waals surface area contributed by atoms with E-state index in [2.05, 4.69) is 15.7 Å². The van der Waals surface area contributed by atoms with Gasteiger partial charge in [0.25, 0.3) is 5.91 Å². The van der Waals surface area contributed by atoms with Crippen LogP contribution in [0.5, 0.6) is 5.75 Å². The number of nitrogens with zero attached hydrogens (tertiary/aromatic N) is 2. The molecule has 1 amide bonds. The molecule has 0 atom stereocenters. The largest absolute Gasteiger partial charge is 0.506 e. The Morgan fingerprint density at radius 1 is 1.19 bits per heavy atom. The number of hydrazone groups is 1. The van der Waals surface area contributed by atoms with Gasteiger partial charge < -0.3 is 9.94 Å². The molecule has 3 rings (SSSR count). The van der Waals surface area contributed by atoms with Crippen molar-refractivity contribution in [1.29, 1.82) is 0 Å². The molecule has 132 valence electrons. The quantitative estimate of drug-likeness (QED) is 0.517. The number of aromatic hydroxyl groups is 1. The summed E-state index contributed by atoms with van der Waals surface area (Å²) < 4.78 is 0.951. The molecule has 2 aromatic carbocycles. The SMILES string of the molecule is C/C(=N\OCC(=O)N/N=C/c1sc2ccccc2c1O)c1ccccc1. The van der Waals surface area contributed by atoms with E-state index in [1.807, 2.05) is 54.6 Å². The van der Waals surface area contributed by atoms with Crippen LogP contribution in [0.25, 0.3) is 10.1 Å². The van der Waals surface area contributed by atoms with Crippen LogP contribution >= 0.6 is 11.3 Å². The zero-order valence-electron chi connectivity index (χ0n) is 14.0. The van der Waals surface area contributed by atoms with E-state index in [-0.39, 0.29) is 12.4 Å². The average Bonchev–Trinajstić information content (AvgIpc) is 2.98. The first-order chi connectivity index (χ1) is 12.6. The Bertz CT molecular complexity index is 965. The second-order valence-corrected chi connectivity index (χ2v) is 6.50. The van der Waals surface area contributed by atoms with Crippen LogP contribution in [0.1, 0.15) is 17.4 Å². The number of benzene rings is 2. The maximum absolute atomic E-state index is 11.7. The number of hydrogen-bond donors (Lipinski definition) is 2. The topological polar surface area (TPSA) is 83.3 Å². The number of carbonyl (C=O) groups is 1. The predicted octanol–water partition coefficient (Wildman–Crippen LogP) is 3.50. The standard InChI is InChI=1S/C19H17N3O3S/c1-13(14-7-3-2-4-8-14)22-25-12-18(23)21-20-11-17-19(24)15-9-5-6-10-16(15)26-17/h2-11,24H,12H2,1H3,(H,21,23)/b20-11+,22-13+. The van der Waals surface area contributed by atoms with Crippen molar-refractivity contribution < 1.29 is 14.7 Å². The van der Waals surface area contributed by atoms with Gasteiger partial charge in [0, 0.05) is 10.1 Å². The second kappa shape index (κ2) is 8.26. The van der Waals surface area contributed by atoms with Crippen molar-refractivity contribution in [2.45, 2.75) is 6.92 Å². The number of hydrogen-bond acceptors (Lipinski definition) is 6. The Kier molecular flexibility index (Phi) is 5.60. The molecule has 0 radical (unpaired) electrons. The minimum atomic E-state index is -0.438. The van der Waals surface area contributed by atoms with E-state index in [1.165, 1.54) is 17.6 Å². The molecule has 0 aliphatic carbocycles. The van der Waals surface area contributed by atoms with E-state index >= 15 is 0 Å². The lowest BCUT2D eigenvalue weighted by molar-refractivity contribution is -0.125. The molecule has 1 aromatic heterocycles. The van der Waals surface area contributed by atoms with Gasteiger partial charge in [-0.05, 0) is 24.6 Å². The number of fused-ring (bicyclic) bond motifs is 1. The molecular formula is C19H17N3O3S. The number of carbonyl (C=O) groups excluding carboxylic acids is 1. The van der Waals surface area contributed by atoms with Gasteiger partial charge in [-0.3, -0.25) is 4.79 Å². The van der Waals surface area contributed by atoms with Gasteiger partial charge in [0.2, 0.25) is 0 Å². The Morgan fingerprint density at radius 2 is 1.92 bits per heavy atom. The lowest BCUT2D eigenvalue weighted by atomic mass is 10.1. The molecule has 2 N–H and O–H groups in total. The summed E-state index contributed by atoms with van der Waals surface area (Å²) >= 11 is 1.39. The van der Waals surface area contributed by atoms with Crippen molar-refractivity contribution in [2.75, 3.05) is 6.61 Å². The first-order valence-corrected chi connectivity index (χ1v) is 8.71. The molecule has 26 heavy (non-hydrogen) atoms. The number of oxime groups is 1. The highest BCUT2D eigenvalue weighted by molar-refractivity contribution is 7.21. The van der Waals surface area contributed by atoms with Gasteiger partial charge in [0.1, 0.15) is 5.75 Å². The average molecular weight is 367 g/mol. The minimum Gasteiger partial charge on any atom is -0.506 e. The Morgan fingerprint density at radius 3 is 2.69 bits per heavy atom. The summed E-state index contributed by atoms with van der Waals surface area (Å²) in [5.74, 6) is -0.283. The van der Waals surface area contributed by atoms with Crippen molar-refractivity contribution in [3.63, 3.8) is 0 Å². The summed E-state index contributed by atoms with van der Waals surface area (Å²) in [6, 6.07) is 17.0. The molecule has 6 nitrogen and oxygen atoms in total. The number of rotatable bonds is 6. The van der Waals surface area contributed by atoms with Crippen LogP contribution in [0.3, 0.4) is 0 Å². The Labute approximate surface area is 154 Å². The molecule has 1 heterocycles. The van der Waals surface area contributed by atoms with Gasteiger partial charge in [-0.25, -0.2) is 5.43 Å². The van der Waals surface area contributed by atoms with Crippen molar-refractivity contribution in [3.05, 3.63) is 65.0 Å². The highest BCUT2D eigenvalue weighted by Gasteiger charge is 2.08. The highest BCUT2D eigenvalue weighted by atomic mass is 32.1. The molecule has 0 unspecified atom stereocenters. The molecule has 0 fully saturated rings. The Balaban J connectivity index is 1.52. The van der Waals surface area contributed by atoms with E-state index < -0.39 is 5.91 Å². The molecular weight excluding hydrogens is 350 g/mol. The van der Waals surface area contributed by atoms with E-state index in [0.717, 1.165) is 15.6 Å². The predicted molar refractivity (Wildman–Crippen MR) is 104 cm³/mol. The molecule has 0 aliphatic heterocycles. The van der Waals surface area contributed by atoms with Gasteiger partial charge >= 0.3 is 0 Å². The first kappa shape index (κ1) is 17.6. The van der Waals surface area contributed by atoms with Crippen LogP contribution in [0, 0.1) is 0 Å².